The molecule has 2 N–H and O–H groups in total. The van der Waals surface area contributed by atoms with Crippen LogP contribution in [0.15, 0.2) is 30.3 Å². The van der Waals surface area contributed by atoms with Gasteiger partial charge in [-0.05, 0) is 69.0 Å². The first-order valence-corrected chi connectivity index (χ1v) is 10.5. The fourth-order valence-electron chi connectivity index (χ4n) is 5.97. The lowest BCUT2D eigenvalue weighted by atomic mass is 9.69. The van der Waals surface area contributed by atoms with Crippen LogP contribution < -0.4 is 5.73 Å². The maximum atomic E-state index is 11.3. The van der Waals surface area contributed by atoms with Crippen molar-refractivity contribution in [2.75, 3.05) is 19.6 Å². The number of likely N-dealkylation sites (tertiary alicyclic amines) is 1. The van der Waals surface area contributed by atoms with Crippen LogP contribution in [0, 0.1) is 11.8 Å². The number of piperidine rings is 3. The quantitative estimate of drug-likeness (QED) is 0.853. The first-order chi connectivity index (χ1) is 12.7. The maximum Gasteiger partial charge on any atom is 0.217 e. The molecule has 4 atom stereocenters. The standard InChI is InChI=1S/C22H33N3O/c23-21(26)12-4-11-20-19-10-6-14-24-13-5-9-18(22(19)24)16-25(20)15-17-7-2-1-3-8-17/h1-3,7-8,18-20,22H,4-6,9-16H2,(H2,23,26)/t18-,19+,20+,22-/m0/s1. The molecule has 0 aromatic heterocycles. The van der Waals surface area contributed by atoms with E-state index in [-0.39, 0.29) is 5.91 Å². The van der Waals surface area contributed by atoms with Crippen LogP contribution in [0.2, 0.25) is 0 Å². The van der Waals surface area contributed by atoms with Crippen molar-refractivity contribution in [1.29, 1.82) is 0 Å². The molecule has 4 rings (SSSR count). The molecule has 1 aromatic carbocycles. The van der Waals surface area contributed by atoms with Crippen LogP contribution >= 0.6 is 0 Å². The first-order valence-electron chi connectivity index (χ1n) is 10.5. The van der Waals surface area contributed by atoms with E-state index in [1.165, 1.54) is 50.9 Å². The number of nitrogens with two attached hydrogens (primary N) is 1. The molecule has 0 saturated carbocycles. The van der Waals surface area contributed by atoms with Gasteiger partial charge in [0.15, 0.2) is 0 Å². The average Bonchev–Trinajstić information content (AvgIpc) is 2.65. The maximum absolute atomic E-state index is 11.3. The summed E-state index contributed by atoms with van der Waals surface area (Å²) in [6.07, 6.45) is 8.00. The van der Waals surface area contributed by atoms with Crippen LogP contribution in [0.1, 0.15) is 50.5 Å². The summed E-state index contributed by atoms with van der Waals surface area (Å²) >= 11 is 0. The highest BCUT2D eigenvalue weighted by atomic mass is 16.1. The molecule has 0 spiro atoms. The minimum atomic E-state index is -0.156. The van der Waals surface area contributed by atoms with Crippen molar-refractivity contribution in [2.24, 2.45) is 17.6 Å². The Bertz CT molecular complexity index is 603. The van der Waals surface area contributed by atoms with Gasteiger partial charge in [0.2, 0.25) is 5.91 Å². The number of benzene rings is 1. The topological polar surface area (TPSA) is 49.6 Å². The van der Waals surface area contributed by atoms with Gasteiger partial charge in [0.1, 0.15) is 0 Å². The minimum absolute atomic E-state index is 0.156. The Morgan fingerprint density at radius 3 is 2.65 bits per heavy atom. The average molecular weight is 356 g/mol. The number of carbonyl (C=O) groups excluding carboxylic acids is 1. The van der Waals surface area contributed by atoms with Crippen molar-refractivity contribution in [3.8, 4) is 0 Å². The second-order valence-corrected chi connectivity index (χ2v) is 8.58. The molecule has 3 fully saturated rings. The number of amides is 1. The monoisotopic (exact) mass is 355 g/mol. The van der Waals surface area contributed by atoms with E-state index in [0.29, 0.717) is 12.5 Å². The Labute approximate surface area is 157 Å². The minimum Gasteiger partial charge on any atom is -0.370 e. The second kappa shape index (κ2) is 8.10. The van der Waals surface area contributed by atoms with Gasteiger partial charge in [-0.2, -0.15) is 0 Å². The summed E-state index contributed by atoms with van der Waals surface area (Å²) in [5.74, 6) is 1.43. The first kappa shape index (κ1) is 18.0. The van der Waals surface area contributed by atoms with Gasteiger partial charge < -0.3 is 5.73 Å². The molecule has 1 amide bonds. The number of primary amides is 1. The van der Waals surface area contributed by atoms with Crippen LogP contribution in [0.3, 0.4) is 0 Å². The van der Waals surface area contributed by atoms with Crippen LogP contribution in [-0.2, 0) is 11.3 Å². The number of hydrogen-bond acceptors (Lipinski definition) is 3. The molecule has 4 heteroatoms. The fourth-order valence-corrected chi connectivity index (χ4v) is 5.97. The van der Waals surface area contributed by atoms with Crippen molar-refractivity contribution in [2.45, 2.75) is 63.6 Å². The molecule has 3 aliphatic rings. The van der Waals surface area contributed by atoms with Crippen molar-refractivity contribution in [3.05, 3.63) is 35.9 Å². The highest BCUT2D eigenvalue weighted by molar-refractivity contribution is 5.73. The molecule has 3 saturated heterocycles. The predicted octanol–water partition coefficient (Wildman–Crippen LogP) is 3.02. The summed E-state index contributed by atoms with van der Waals surface area (Å²) in [5.41, 5.74) is 6.82. The lowest BCUT2D eigenvalue weighted by Crippen LogP contribution is -2.64. The number of hydrogen-bond donors (Lipinski definition) is 1. The van der Waals surface area contributed by atoms with E-state index in [1.54, 1.807) is 0 Å². The van der Waals surface area contributed by atoms with Gasteiger partial charge in [-0.15, -0.1) is 0 Å². The van der Waals surface area contributed by atoms with Crippen molar-refractivity contribution < 1.29 is 4.79 Å². The summed E-state index contributed by atoms with van der Waals surface area (Å²) in [6.45, 7) is 4.85. The lowest BCUT2D eigenvalue weighted by molar-refractivity contribution is -0.118. The van der Waals surface area contributed by atoms with E-state index >= 15 is 0 Å². The Morgan fingerprint density at radius 1 is 1.12 bits per heavy atom. The van der Waals surface area contributed by atoms with Crippen molar-refractivity contribution in [1.82, 2.24) is 9.80 Å². The molecule has 3 heterocycles. The van der Waals surface area contributed by atoms with E-state index < -0.39 is 0 Å². The van der Waals surface area contributed by atoms with Gasteiger partial charge in [-0.3, -0.25) is 14.6 Å². The molecule has 1 aromatic rings. The van der Waals surface area contributed by atoms with Crippen LogP contribution in [0.4, 0.5) is 0 Å². The van der Waals surface area contributed by atoms with Gasteiger partial charge in [0, 0.05) is 31.6 Å². The fraction of sp³-hybridized carbons (Fsp3) is 0.682. The third-order valence-corrected chi connectivity index (χ3v) is 6.93. The van der Waals surface area contributed by atoms with Gasteiger partial charge >= 0.3 is 0 Å². The molecule has 4 nitrogen and oxygen atoms in total. The summed E-state index contributed by atoms with van der Waals surface area (Å²) in [7, 11) is 0. The third-order valence-electron chi connectivity index (χ3n) is 6.93. The zero-order chi connectivity index (χ0) is 17.9. The van der Waals surface area contributed by atoms with E-state index in [0.717, 1.165) is 37.3 Å². The van der Waals surface area contributed by atoms with E-state index in [4.69, 9.17) is 5.73 Å². The van der Waals surface area contributed by atoms with E-state index in [2.05, 4.69) is 40.1 Å². The molecule has 26 heavy (non-hydrogen) atoms. The molecule has 0 radical (unpaired) electrons. The predicted molar refractivity (Wildman–Crippen MR) is 104 cm³/mol. The zero-order valence-electron chi connectivity index (χ0n) is 15.9. The zero-order valence-corrected chi connectivity index (χ0v) is 15.9. The van der Waals surface area contributed by atoms with Crippen LogP contribution in [0.5, 0.6) is 0 Å². The molecular formula is C22H33N3O. The number of carbonyl (C=O) groups is 1. The number of rotatable bonds is 6. The normalized spacial score (nSPS) is 32.2. The van der Waals surface area contributed by atoms with Crippen molar-refractivity contribution in [3.63, 3.8) is 0 Å². The second-order valence-electron chi connectivity index (χ2n) is 8.58. The van der Waals surface area contributed by atoms with Crippen LogP contribution in [-0.4, -0.2) is 47.4 Å². The van der Waals surface area contributed by atoms with Gasteiger partial charge in [0.25, 0.3) is 0 Å². The highest BCUT2D eigenvalue weighted by Crippen LogP contribution is 2.43. The molecule has 3 aliphatic heterocycles. The highest BCUT2D eigenvalue weighted by Gasteiger charge is 2.48. The van der Waals surface area contributed by atoms with E-state index in [1.807, 2.05) is 0 Å². The molecular weight excluding hydrogens is 322 g/mol. The Morgan fingerprint density at radius 2 is 1.88 bits per heavy atom. The SMILES string of the molecule is NC(=O)CCC[C@@H]1[C@H]2CCCN3CCC[C@@H](CN1Cc1ccccc1)[C@@H]23. The van der Waals surface area contributed by atoms with Gasteiger partial charge in [-0.1, -0.05) is 30.3 Å². The van der Waals surface area contributed by atoms with E-state index in [9.17, 15) is 4.79 Å². The van der Waals surface area contributed by atoms with Gasteiger partial charge in [0.05, 0.1) is 0 Å². The number of nitrogens with zero attached hydrogens (tertiary/aromatic N) is 2. The molecule has 0 bridgehead atoms. The Kier molecular flexibility index (Phi) is 5.60. The molecule has 0 aliphatic carbocycles. The smallest absolute Gasteiger partial charge is 0.217 e. The summed E-state index contributed by atoms with van der Waals surface area (Å²) < 4.78 is 0. The van der Waals surface area contributed by atoms with Crippen LogP contribution in [0.25, 0.3) is 0 Å². The summed E-state index contributed by atoms with van der Waals surface area (Å²) in [6, 6.07) is 12.3. The molecule has 0 unspecified atom stereocenters. The molecule has 142 valence electrons. The summed E-state index contributed by atoms with van der Waals surface area (Å²) in [5, 5.41) is 0. The third kappa shape index (κ3) is 3.81. The lowest BCUT2D eigenvalue weighted by Gasteiger charge is -2.57. The summed E-state index contributed by atoms with van der Waals surface area (Å²) in [4.78, 5) is 16.8. The van der Waals surface area contributed by atoms with Crippen molar-refractivity contribution >= 4 is 5.91 Å². The van der Waals surface area contributed by atoms with Gasteiger partial charge in [-0.25, -0.2) is 0 Å². The Hall–Kier alpha value is -1.39. The Balaban J connectivity index is 1.54. The largest absolute Gasteiger partial charge is 0.370 e.